The summed E-state index contributed by atoms with van der Waals surface area (Å²) < 4.78 is 19.4. The second kappa shape index (κ2) is 7.48. The molecular weight excluding hydrogens is 343 g/mol. The molecule has 27 heavy (non-hydrogen) atoms. The van der Waals surface area contributed by atoms with Crippen molar-refractivity contribution >= 4 is 13.1 Å². The topological polar surface area (TPSA) is 62.6 Å². The molecule has 7 heteroatoms. The number of esters is 1. The molecule has 0 radical (unpaired) electrons. The summed E-state index contributed by atoms with van der Waals surface area (Å²) in [5, 5.41) is 4.24. The molecule has 1 aliphatic heterocycles. The standard InChI is InChI=1S/C20H27BN2O4/c1-6-25-18(24)14-17(21-26-19(2,3)20(4,5)27-21)15-8-10-16(11-9-15)23-13-7-12-22-23/h7-13,17H,6,14H2,1-5H3. The molecule has 6 nitrogen and oxygen atoms in total. The Morgan fingerprint density at radius 2 is 1.81 bits per heavy atom. The van der Waals surface area contributed by atoms with Gasteiger partial charge in [-0.2, -0.15) is 5.10 Å². The third-order valence-electron chi connectivity index (χ3n) is 5.38. The maximum absolute atomic E-state index is 12.2. The van der Waals surface area contributed by atoms with Gasteiger partial charge in [-0.3, -0.25) is 4.79 Å². The summed E-state index contributed by atoms with van der Waals surface area (Å²) in [5.41, 5.74) is 1.00. The van der Waals surface area contributed by atoms with Crippen molar-refractivity contribution < 1.29 is 18.8 Å². The lowest BCUT2D eigenvalue weighted by Gasteiger charge is -2.32. The van der Waals surface area contributed by atoms with Crippen LogP contribution in [0.1, 0.15) is 52.4 Å². The van der Waals surface area contributed by atoms with Gasteiger partial charge >= 0.3 is 13.1 Å². The SMILES string of the molecule is CCOC(=O)CC(B1OC(C)(C)C(C)(C)O1)c1ccc(-n2cccn2)cc1. The predicted molar refractivity (Wildman–Crippen MR) is 104 cm³/mol. The minimum atomic E-state index is -0.519. The maximum atomic E-state index is 12.2. The number of hydrogen-bond acceptors (Lipinski definition) is 5. The van der Waals surface area contributed by atoms with Crippen molar-refractivity contribution in [2.45, 2.75) is 58.1 Å². The monoisotopic (exact) mass is 370 g/mol. The normalized spacial score (nSPS) is 19.1. The van der Waals surface area contributed by atoms with Crippen LogP contribution in [0.25, 0.3) is 5.69 Å². The molecule has 0 N–H and O–H groups in total. The van der Waals surface area contributed by atoms with Crippen molar-refractivity contribution in [3.05, 3.63) is 48.3 Å². The average molecular weight is 370 g/mol. The largest absolute Gasteiger partial charge is 0.466 e. The molecule has 0 amide bonds. The molecule has 2 heterocycles. The first-order valence-electron chi connectivity index (χ1n) is 9.35. The average Bonchev–Trinajstić information content (AvgIpc) is 3.20. The van der Waals surface area contributed by atoms with Crippen molar-refractivity contribution in [1.29, 1.82) is 0 Å². The summed E-state index contributed by atoms with van der Waals surface area (Å²) in [4.78, 5) is 12.2. The van der Waals surface area contributed by atoms with Gasteiger partial charge in [0.2, 0.25) is 0 Å². The fourth-order valence-electron chi connectivity index (χ4n) is 3.12. The van der Waals surface area contributed by atoms with Crippen LogP contribution in [0, 0.1) is 0 Å². The van der Waals surface area contributed by atoms with E-state index in [0.29, 0.717) is 6.61 Å². The molecule has 1 aromatic carbocycles. The zero-order valence-corrected chi connectivity index (χ0v) is 16.6. The fourth-order valence-corrected chi connectivity index (χ4v) is 3.12. The van der Waals surface area contributed by atoms with Gasteiger partial charge in [-0.15, -0.1) is 0 Å². The van der Waals surface area contributed by atoms with Gasteiger partial charge in [0.05, 0.1) is 29.9 Å². The summed E-state index contributed by atoms with van der Waals surface area (Å²) in [6.45, 7) is 10.2. The summed E-state index contributed by atoms with van der Waals surface area (Å²) in [5.74, 6) is -0.509. The molecule has 144 valence electrons. The molecule has 0 saturated carbocycles. The molecule has 0 aliphatic carbocycles. The van der Waals surface area contributed by atoms with Gasteiger partial charge < -0.3 is 14.0 Å². The summed E-state index contributed by atoms with van der Waals surface area (Å²) in [6, 6.07) is 9.82. The summed E-state index contributed by atoms with van der Waals surface area (Å²) >= 11 is 0. The minimum absolute atomic E-state index is 0.200. The van der Waals surface area contributed by atoms with Crippen LogP contribution in [0.2, 0.25) is 0 Å². The molecule has 1 atom stereocenters. The van der Waals surface area contributed by atoms with E-state index in [2.05, 4.69) is 5.10 Å². The van der Waals surface area contributed by atoms with Gasteiger partial charge in [-0.05, 0) is 58.4 Å². The number of aromatic nitrogens is 2. The Kier molecular flexibility index (Phi) is 5.44. The molecule has 1 aliphatic rings. The Morgan fingerprint density at radius 3 is 2.33 bits per heavy atom. The van der Waals surface area contributed by atoms with Crippen LogP contribution < -0.4 is 0 Å². The highest BCUT2D eigenvalue weighted by Crippen LogP contribution is 2.41. The smallest absolute Gasteiger partial charge is 0.466 e. The highest BCUT2D eigenvalue weighted by atomic mass is 16.7. The molecular formula is C20H27BN2O4. The molecule has 3 rings (SSSR count). The van der Waals surface area contributed by atoms with E-state index in [-0.39, 0.29) is 18.2 Å². The van der Waals surface area contributed by atoms with Gasteiger partial charge in [-0.1, -0.05) is 12.1 Å². The molecule has 0 bridgehead atoms. The van der Waals surface area contributed by atoms with Crippen LogP contribution >= 0.6 is 0 Å². The predicted octanol–water partition coefficient (Wildman–Crippen LogP) is 3.54. The lowest BCUT2D eigenvalue weighted by molar-refractivity contribution is -0.143. The molecule has 1 unspecified atom stereocenters. The Balaban J connectivity index is 1.87. The minimum Gasteiger partial charge on any atom is -0.466 e. The quantitative estimate of drug-likeness (QED) is 0.575. The van der Waals surface area contributed by atoms with E-state index in [4.69, 9.17) is 14.0 Å². The van der Waals surface area contributed by atoms with Crippen LogP contribution in [-0.2, 0) is 18.8 Å². The number of benzene rings is 1. The second-order valence-corrected chi connectivity index (χ2v) is 7.78. The second-order valence-electron chi connectivity index (χ2n) is 7.78. The summed E-state index contributed by atoms with van der Waals surface area (Å²) in [7, 11) is -0.519. The van der Waals surface area contributed by atoms with Gasteiger partial charge in [0.25, 0.3) is 0 Å². The zero-order chi connectivity index (χ0) is 19.7. The van der Waals surface area contributed by atoms with Crippen LogP contribution in [0.4, 0.5) is 0 Å². The maximum Gasteiger partial charge on any atom is 0.466 e. The van der Waals surface area contributed by atoms with Crippen molar-refractivity contribution in [2.24, 2.45) is 0 Å². The number of carbonyl (C=O) groups excluding carboxylic acids is 1. The summed E-state index contributed by atoms with van der Waals surface area (Å²) in [6.07, 6.45) is 3.83. The van der Waals surface area contributed by atoms with Gasteiger partial charge in [0.15, 0.2) is 0 Å². The van der Waals surface area contributed by atoms with Crippen LogP contribution in [0.3, 0.4) is 0 Å². The molecule has 0 spiro atoms. The third kappa shape index (κ3) is 4.09. The first-order valence-corrected chi connectivity index (χ1v) is 9.35. The van der Waals surface area contributed by atoms with E-state index in [1.165, 1.54) is 0 Å². The Hall–Kier alpha value is -2.12. The van der Waals surface area contributed by atoms with Crippen molar-refractivity contribution in [3.8, 4) is 5.69 Å². The number of ether oxygens (including phenoxy) is 1. The lowest BCUT2D eigenvalue weighted by Crippen LogP contribution is -2.41. The van der Waals surface area contributed by atoms with Crippen molar-refractivity contribution in [1.82, 2.24) is 9.78 Å². The highest BCUT2D eigenvalue weighted by molar-refractivity contribution is 6.48. The lowest BCUT2D eigenvalue weighted by atomic mass is 9.66. The zero-order valence-electron chi connectivity index (χ0n) is 16.6. The molecule has 1 saturated heterocycles. The Morgan fingerprint density at radius 1 is 1.19 bits per heavy atom. The van der Waals surface area contributed by atoms with Crippen molar-refractivity contribution in [3.63, 3.8) is 0 Å². The highest BCUT2D eigenvalue weighted by Gasteiger charge is 2.54. The van der Waals surface area contributed by atoms with E-state index < -0.39 is 18.3 Å². The van der Waals surface area contributed by atoms with Gasteiger partial charge in [-0.25, -0.2) is 4.68 Å². The Labute approximate surface area is 160 Å². The third-order valence-corrected chi connectivity index (χ3v) is 5.38. The number of hydrogen-bond donors (Lipinski definition) is 0. The van der Waals surface area contributed by atoms with E-state index >= 15 is 0 Å². The van der Waals surface area contributed by atoms with E-state index in [9.17, 15) is 4.79 Å². The van der Waals surface area contributed by atoms with Gasteiger partial charge in [0.1, 0.15) is 0 Å². The molecule has 2 aromatic rings. The van der Waals surface area contributed by atoms with Crippen LogP contribution in [0.5, 0.6) is 0 Å². The number of nitrogens with zero attached hydrogens (tertiary/aromatic N) is 2. The van der Waals surface area contributed by atoms with E-state index in [1.54, 1.807) is 17.8 Å². The first-order chi connectivity index (χ1) is 12.7. The van der Waals surface area contributed by atoms with E-state index in [0.717, 1.165) is 11.3 Å². The van der Waals surface area contributed by atoms with Crippen molar-refractivity contribution in [2.75, 3.05) is 6.61 Å². The number of rotatable bonds is 6. The first kappa shape index (κ1) is 19.6. The van der Waals surface area contributed by atoms with E-state index in [1.807, 2.05) is 64.2 Å². The molecule has 1 fully saturated rings. The number of carbonyl (C=O) groups is 1. The van der Waals surface area contributed by atoms with Gasteiger partial charge in [0, 0.05) is 18.2 Å². The Bertz CT molecular complexity index is 756. The van der Waals surface area contributed by atoms with Crippen LogP contribution in [-0.4, -0.2) is 40.7 Å². The van der Waals surface area contributed by atoms with Crippen LogP contribution in [0.15, 0.2) is 42.7 Å². The fraction of sp³-hybridized carbons (Fsp3) is 0.500. The molecule has 1 aromatic heterocycles.